The molecule has 0 unspecified atom stereocenters. The predicted molar refractivity (Wildman–Crippen MR) is 66.0 cm³/mol. The van der Waals surface area contributed by atoms with Gasteiger partial charge in [0.1, 0.15) is 11.8 Å². The fraction of sp³-hybridized carbons (Fsp3) is 0. The number of aromatic nitrogens is 7. The van der Waals surface area contributed by atoms with Crippen LogP contribution < -0.4 is 0 Å². The van der Waals surface area contributed by atoms with E-state index in [2.05, 4.69) is 30.1 Å². The van der Waals surface area contributed by atoms with Crippen molar-refractivity contribution in [2.45, 2.75) is 9.50 Å². The number of imidazole rings is 1. The Balaban J connectivity index is 1.96. The van der Waals surface area contributed by atoms with Gasteiger partial charge in [0.25, 0.3) is 0 Å². The summed E-state index contributed by atoms with van der Waals surface area (Å²) in [5.41, 5.74) is 1.64. The lowest BCUT2D eigenvalue weighted by Crippen LogP contribution is -2.02. The first-order chi connectivity index (χ1) is 8.81. The van der Waals surface area contributed by atoms with Gasteiger partial charge in [-0.25, -0.2) is 4.98 Å². The van der Waals surface area contributed by atoms with Crippen molar-refractivity contribution in [3.05, 3.63) is 29.5 Å². The van der Waals surface area contributed by atoms with Gasteiger partial charge in [0.15, 0.2) is 4.34 Å². The van der Waals surface area contributed by atoms with E-state index in [4.69, 9.17) is 11.6 Å². The van der Waals surface area contributed by atoms with Gasteiger partial charge in [0.2, 0.25) is 16.4 Å². The highest BCUT2D eigenvalue weighted by atomic mass is 35.5. The third-order valence-electron chi connectivity index (χ3n) is 1.83. The Bertz CT molecular complexity index is 640. The van der Waals surface area contributed by atoms with Crippen molar-refractivity contribution >= 4 is 34.7 Å². The third kappa shape index (κ3) is 2.47. The summed E-state index contributed by atoms with van der Waals surface area (Å²) in [4.78, 5) is 16.3. The molecule has 0 aromatic carbocycles. The molecule has 0 spiro atoms. The second kappa shape index (κ2) is 4.96. The standard InChI is InChI=1S/C8H4ClN7S2/c9-5-12-6(16-2-1-10-3-16)14-7(13-5)18-8-15-11-4-17-8/h1-4H. The van der Waals surface area contributed by atoms with Gasteiger partial charge in [-0.15, -0.1) is 10.2 Å². The molecule has 0 fully saturated rings. The van der Waals surface area contributed by atoms with Gasteiger partial charge in [0, 0.05) is 12.4 Å². The van der Waals surface area contributed by atoms with Crippen molar-refractivity contribution in [2.75, 3.05) is 0 Å². The van der Waals surface area contributed by atoms with E-state index in [0.717, 1.165) is 4.34 Å². The van der Waals surface area contributed by atoms with E-state index >= 15 is 0 Å². The first kappa shape index (κ1) is 11.5. The zero-order chi connectivity index (χ0) is 12.4. The lowest BCUT2D eigenvalue weighted by atomic mass is 10.8. The zero-order valence-electron chi connectivity index (χ0n) is 8.63. The summed E-state index contributed by atoms with van der Waals surface area (Å²) in [6, 6.07) is 0. The largest absolute Gasteiger partial charge is 0.274 e. The van der Waals surface area contributed by atoms with Crippen LogP contribution in [-0.4, -0.2) is 34.7 Å². The van der Waals surface area contributed by atoms with Crippen molar-refractivity contribution in [1.82, 2.24) is 34.7 Å². The molecule has 10 heteroatoms. The molecular weight excluding hydrogens is 294 g/mol. The molecule has 0 N–H and O–H groups in total. The Hall–Kier alpha value is -1.58. The summed E-state index contributed by atoms with van der Waals surface area (Å²) < 4.78 is 2.39. The second-order valence-corrected chi connectivity index (χ2v) is 5.35. The van der Waals surface area contributed by atoms with E-state index in [9.17, 15) is 0 Å². The van der Waals surface area contributed by atoms with Crippen molar-refractivity contribution in [3.8, 4) is 5.95 Å². The third-order valence-corrected chi connectivity index (χ3v) is 3.64. The molecule has 3 aromatic heterocycles. The summed E-state index contributed by atoms with van der Waals surface area (Å²) in [5.74, 6) is 0.416. The lowest BCUT2D eigenvalue weighted by Gasteiger charge is -2.02. The molecule has 7 nitrogen and oxygen atoms in total. The monoisotopic (exact) mass is 297 g/mol. The van der Waals surface area contributed by atoms with Crippen molar-refractivity contribution in [2.24, 2.45) is 0 Å². The van der Waals surface area contributed by atoms with Gasteiger partial charge in [-0.2, -0.15) is 15.0 Å². The summed E-state index contributed by atoms with van der Waals surface area (Å²) in [6.07, 6.45) is 4.95. The molecule has 0 bridgehead atoms. The van der Waals surface area contributed by atoms with Crippen LogP contribution in [0.5, 0.6) is 0 Å². The Kier molecular flexibility index (Phi) is 3.17. The molecule has 0 saturated carbocycles. The fourth-order valence-corrected chi connectivity index (χ4v) is 2.68. The van der Waals surface area contributed by atoms with Crippen LogP contribution in [0.4, 0.5) is 0 Å². The van der Waals surface area contributed by atoms with Gasteiger partial charge in [-0.05, 0) is 23.4 Å². The van der Waals surface area contributed by atoms with E-state index in [1.54, 1.807) is 28.8 Å². The molecule has 0 saturated heterocycles. The van der Waals surface area contributed by atoms with Gasteiger partial charge in [-0.1, -0.05) is 11.3 Å². The molecule has 3 heterocycles. The molecular formula is C8H4ClN7S2. The predicted octanol–water partition coefficient (Wildman–Crippen LogP) is 1.71. The quantitative estimate of drug-likeness (QED) is 0.728. The van der Waals surface area contributed by atoms with E-state index in [-0.39, 0.29) is 5.28 Å². The van der Waals surface area contributed by atoms with E-state index in [1.165, 1.54) is 23.1 Å². The lowest BCUT2D eigenvalue weighted by molar-refractivity contribution is 0.822. The van der Waals surface area contributed by atoms with Gasteiger partial charge >= 0.3 is 0 Å². The van der Waals surface area contributed by atoms with Crippen LogP contribution in [0.15, 0.2) is 33.7 Å². The van der Waals surface area contributed by atoms with Crippen LogP contribution >= 0.6 is 34.7 Å². The molecule has 0 aliphatic rings. The van der Waals surface area contributed by atoms with Crippen LogP contribution in [0, 0.1) is 0 Å². The van der Waals surface area contributed by atoms with Gasteiger partial charge < -0.3 is 0 Å². The highest BCUT2D eigenvalue weighted by Gasteiger charge is 2.09. The minimum atomic E-state index is 0.126. The van der Waals surface area contributed by atoms with Gasteiger partial charge in [-0.3, -0.25) is 4.57 Å². The molecule has 90 valence electrons. The second-order valence-electron chi connectivity index (χ2n) is 2.96. The maximum absolute atomic E-state index is 5.87. The Labute approximate surface area is 114 Å². The average molecular weight is 298 g/mol. The maximum Gasteiger partial charge on any atom is 0.240 e. The number of halogens is 1. The van der Waals surface area contributed by atoms with Crippen LogP contribution in [-0.2, 0) is 0 Å². The minimum absolute atomic E-state index is 0.126. The number of hydrogen-bond donors (Lipinski definition) is 0. The highest BCUT2D eigenvalue weighted by molar-refractivity contribution is 8.00. The normalized spacial score (nSPS) is 10.7. The number of nitrogens with zero attached hydrogens (tertiary/aromatic N) is 7. The van der Waals surface area contributed by atoms with E-state index in [1.807, 2.05) is 0 Å². The molecule has 0 aliphatic heterocycles. The molecule has 3 rings (SSSR count). The van der Waals surface area contributed by atoms with Crippen LogP contribution in [0.25, 0.3) is 5.95 Å². The van der Waals surface area contributed by atoms with Crippen molar-refractivity contribution in [1.29, 1.82) is 0 Å². The molecule has 0 aliphatic carbocycles. The number of hydrogen-bond acceptors (Lipinski definition) is 8. The summed E-state index contributed by atoms with van der Waals surface area (Å²) in [5, 5.41) is 8.24. The summed E-state index contributed by atoms with van der Waals surface area (Å²) >= 11 is 8.55. The van der Waals surface area contributed by atoms with Crippen LogP contribution in [0.1, 0.15) is 0 Å². The SMILES string of the molecule is Clc1nc(Sc2nncs2)nc(-n2ccnc2)n1. The molecule has 18 heavy (non-hydrogen) atoms. The zero-order valence-corrected chi connectivity index (χ0v) is 11.0. The highest BCUT2D eigenvalue weighted by Crippen LogP contribution is 2.26. The van der Waals surface area contributed by atoms with Crippen molar-refractivity contribution in [3.63, 3.8) is 0 Å². The molecule has 3 aromatic rings. The number of rotatable bonds is 3. The van der Waals surface area contributed by atoms with Crippen molar-refractivity contribution < 1.29 is 0 Å². The van der Waals surface area contributed by atoms with Crippen LogP contribution in [0.2, 0.25) is 5.28 Å². The smallest absolute Gasteiger partial charge is 0.240 e. The summed E-state index contributed by atoms with van der Waals surface area (Å²) in [7, 11) is 0. The van der Waals surface area contributed by atoms with Crippen LogP contribution in [0.3, 0.4) is 0 Å². The van der Waals surface area contributed by atoms with E-state index in [0.29, 0.717) is 11.1 Å². The summed E-state index contributed by atoms with van der Waals surface area (Å²) in [6.45, 7) is 0. The minimum Gasteiger partial charge on any atom is -0.274 e. The fourth-order valence-electron chi connectivity index (χ4n) is 1.15. The topological polar surface area (TPSA) is 82.3 Å². The molecule has 0 radical (unpaired) electrons. The molecule has 0 atom stereocenters. The first-order valence-corrected chi connectivity index (χ1v) is 6.72. The maximum atomic E-state index is 5.87. The Morgan fingerprint density at radius 3 is 2.94 bits per heavy atom. The Morgan fingerprint density at radius 2 is 2.22 bits per heavy atom. The molecule has 0 amide bonds. The average Bonchev–Trinajstić information content (AvgIpc) is 3.00. The Morgan fingerprint density at radius 1 is 1.28 bits per heavy atom. The van der Waals surface area contributed by atoms with Gasteiger partial charge in [0.05, 0.1) is 0 Å². The first-order valence-electron chi connectivity index (χ1n) is 4.65. The van der Waals surface area contributed by atoms with E-state index < -0.39 is 0 Å².